The Morgan fingerprint density at radius 3 is 1.57 bits per heavy atom. The van der Waals surface area contributed by atoms with Crippen LogP contribution >= 0.6 is 21.6 Å². The molecule has 0 bridgehead atoms. The van der Waals surface area contributed by atoms with Gasteiger partial charge in [-0.2, -0.15) is 0 Å². The third-order valence-electron chi connectivity index (χ3n) is 0.539. The van der Waals surface area contributed by atoms with Gasteiger partial charge in [0, 0.05) is 11.5 Å². The summed E-state index contributed by atoms with van der Waals surface area (Å²) in [5, 5.41) is 0. The second kappa shape index (κ2) is 6.70. The fraction of sp³-hybridized carbons (Fsp3) is 1.00. The predicted octanol–water partition coefficient (Wildman–Crippen LogP) is 2.80. The minimum Gasteiger partial charge on any atom is -0.0941 e. The SMILES string of the molecule is C1CSSC1.CC. The van der Waals surface area contributed by atoms with Gasteiger partial charge in [0.15, 0.2) is 0 Å². The largest absolute Gasteiger partial charge is 0.0941 e. The first-order chi connectivity index (χ1) is 3.50. The Morgan fingerprint density at radius 1 is 1.00 bits per heavy atom. The van der Waals surface area contributed by atoms with E-state index in [1.54, 1.807) is 0 Å². The van der Waals surface area contributed by atoms with Crippen molar-refractivity contribution in [3.63, 3.8) is 0 Å². The van der Waals surface area contributed by atoms with Gasteiger partial charge in [0.1, 0.15) is 0 Å². The van der Waals surface area contributed by atoms with Crippen molar-refractivity contribution in [3.8, 4) is 0 Å². The van der Waals surface area contributed by atoms with Gasteiger partial charge < -0.3 is 0 Å². The first-order valence-electron chi connectivity index (χ1n) is 2.74. The lowest BCUT2D eigenvalue weighted by Gasteiger charge is -1.69. The summed E-state index contributed by atoms with van der Waals surface area (Å²) in [5.74, 6) is 2.76. The molecule has 1 fully saturated rings. The maximum atomic E-state index is 2.00. The molecular weight excluding hydrogens is 124 g/mol. The molecule has 0 radical (unpaired) electrons. The zero-order valence-corrected chi connectivity index (χ0v) is 6.57. The lowest BCUT2D eigenvalue weighted by molar-refractivity contribution is 1.15. The van der Waals surface area contributed by atoms with Crippen LogP contribution in [0.2, 0.25) is 0 Å². The van der Waals surface area contributed by atoms with Crippen molar-refractivity contribution in [1.29, 1.82) is 0 Å². The smallest absolute Gasteiger partial charge is 0.00450 e. The van der Waals surface area contributed by atoms with Crippen LogP contribution in [0.1, 0.15) is 20.3 Å². The van der Waals surface area contributed by atoms with Crippen LogP contribution in [0.15, 0.2) is 0 Å². The average molecular weight is 136 g/mol. The van der Waals surface area contributed by atoms with Gasteiger partial charge >= 0.3 is 0 Å². The summed E-state index contributed by atoms with van der Waals surface area (Å²) in [6.07, 6.45) is 1.43. The zero-order valence-electron chi connectivity index (χ0n) is 4.94. The van der Waals surface area contributed by atoms with E-state index < -0.39 is 0 Å². The van der Waals surface area contributed by atoms with E-state index in [0.717, 1.165) is 0 Å². The Bertz CT molecular complexity index is 17.7. The molecule has 2 heteroatoms. The first-order valence-corrected chi connectivity index (χ1v) is 5.23. The van der Waals surface area contributed by atoms with Crippen molar-refractivity contribution in [2.24, 2.45) is 0 Å². The fourth-order valence-electron chi connectivity index (χ4n) is 0.295. The molecule has 0 aliphatic carbocycles. The van der Waals surface area contributed by atoms with Gasteiger partial charge in [0.2, 0.25) is 0 Å². The van der Waals surface area contributed by atoms with Crippen molar-refractivity contribution in [2.45, 2.75) is 20.3 Å². The zero-order chi connectivity index (χ0) is 5.54. The van der Waals surface area contributed by atoms with Crippen molar-refractivity contribution in [1.82, 2.24) is 0 Å². The van der Waals surface area contributed by atoms with Crippen LogP contribution in [0.5, 0.6) is 0 Å². The summed E-state index contributed by atoms with van der Waals surface area (Å²) >= 11 is 0. The second-order valence-electron chi connectivity index (χ2n) is 0.998. The summed E-state index contributed by atoms with van der Waals surface area (Å²) < 4.78 is 0. The summed E-state index contributed by atoms with van der Waals surface area (Å²) in [7, 11) is 3.98. The Labute approximate surface area is 53.8 Å². The van der Waals surface area contributed by atoms with Gasteiger partial charge in [-0.3, -0.25) is 0 Å². The van der Waals surface area contributed by atoms with E-state index in [2.05, 4.69) is 0 Å². The molecule has 0 amide bonds. The van der Waals surface area contributed by atoms with Crippen LogP contribution < -0.4 is 0 Å². The standard InChI is InChI=1S/C3H6S2.C2H6/c1-2-4-5-3-1;1-2/h1-3H2;1-2H3. The van der Waals surface area contributed by atoms with E-state index in [-0.39, 0.29) is 0 Å². The van der Waals surface area contributed by atoms with E-state index in [1.807, 2.05) is 35.4 Å². The van der Waals surface area contributed by atoms with Gasteiger partial charge in [-0.1, -0.05) is 35.4 Å². The van der Waals surface area contributed by atoms with Crippen LogP contribution in [0, 0.1) is 0 Å². The monoisotopic (exact) mass is 136 g/mol. The molecule has 0 spiro atoms. The normalized spacial score (nSPS) is 18.0. The highest BCUT2D eigenvalue weighted by molar-refractivity contribution is 8.77. The maximum absolute atomic E-state index is 2.00. The third kappa shape index (κ3) is 4.56. The van der Waals surface area contributed by atoms with Gasteiger partial charge in [-0.05, 0) is 6.42 Å². The van der Waals surface area contributed by atoms with E-state index in [1.165, 1.54) is 17.9 Å². The Kier molecular flexibility index (Phi) is 7.37. The quantitative estimate of drug-likeness (QED) is 0.470. The van der Waals surface area contributed by atoms with E-state index in [4.69, 9.17) is 0 Å². The van der Waals surface area contributed by atoms with Crippen molar-refractivity contribution in [2.75, 3.05) is 11.5 Å². The van der Waals surface area contributed by atoms with Crippen LogP contribution in [0.25, 0.3) is 0 Å². The molecule has 1 saturated heterocycles. The van der Waals surface area contributed by atoms with E-state index in [9.17, 15) is 0 Å². The van der Waals surface area contributed by atoms with Crippen LogP contribution in [0.4, 0.5) is 0 Å². The van der Waals surface area contributed by atoms with Gasteiger partial charge in [-0.25, -0.2) is 0 Å². The molecule has 0 aromatic carbocycles. The van der Waals surface area contributed by atoms with E-state index >= 15 is 0 Å². The summed E-state index contributed by atoms with van der Waals surface area (Å²) in [5.41, 5.74) is 0. The molecule has 0 unspecified atom stereocenters. The minimum absolute atomic E-state index is 1.38. The summed E-state index contributed by atoms with van der Waals surface area (Å²) in [4.78, 5) is 0. The fourth-order valence-corrected chi connectivity index (χ4v) is 2.65. The van der Waals surface area contributed by atoms with Crippen LogP contribution in [0.3, 0.4) is 0 Å². The van der Waals surface area contributed by atoms with Crippen LogP contribution in [-0.4, -0.2) is 11.5 Å². The highest BCUT2D eigenvalue weighted by Crippen LogP contribution is 2.29. The molecule has 1 heterocycles. The Hall–Kier alpha value is 0.700. The molecule has 1 aliphatic heterocycles. The number of hydrogen-bond acceptors (Lipinski definition) is 2. The molecule has 1 rings (SSSR count). The molecule has 44 valence electrons. The molecule has 0 aromatic rings. The summed E-state index contributed by atoms with van der Waals surface area (Å²) in [6, 6.07) is 0. The predicted molar refractivity (Wildman–Crippen MR) is 40.9 cm³/mol. The second-order valence-corrected chi connectivity index (χ2v) is 3.70. The lowest BCUT2D eigenvalue weighted by atomic mass is 10.6. The molecule has 0 saturated carbocycles. The van der Waals surface area contributed by atoms with Crippen molar-refractivity contribution in [3.05, 3.63) is 0 Å². The average Bonchev–Trinajstić information content (AvgIpc) is 2.23. The Morgan fingerprint density at radius 2 is 1.43 bits per heavy atom. The molecule has 1 aliphatic rings. The third-order valence-corrected chi connectivity index (χ3v) is 3.12. The van der Waals surface area contributed by atoms with Crippen molar-refractivity contribution < 1.29 is 0 Å². The highest BCUT2D eigenvalue weighted by atomic mass is 33.1. The van der Waals surface area contributed by atoms with Gasteiger partial charge in [-0.15, -0.1) is 0 Å². The first kappa shape index (κ1) is 7.70. The maximum Gasteiger partial charge on any atom is 0.00450 e. The summed E-state index contributed by atoms with van der Waals surface area (Å²) in [6.45, 7) is 4.00. The molecule has 0 atom stereocenters. The molecule has 0 aromatic heterocycles. The minimum atomic E-state index is 1.38. The molecular formula is C5H12S2. The molecule has 0 N–H and O–H groups in total. The van der Waals surface area contributed by atoms with Crippen molar-refractivity contribution >= 4 is 21.6 Å². The number of rotatable bonds is 0. The van der Waals surface area contributed by atoms with E-state index in [0.29, 0.717) is 0 Å². The number of hydrogen-bond donors (Lipinski definition) is 0. The lowest BCUT2D eigenvalue weighted by Crippen LogP contribution is -1.63. The van der Waals surface area contributed by atoms with Gasteiger partial charge in [0.05, 0.1) is 0 Å². The highest BCUT2D eigenvalue weighted by Gasteiger charge is 1.96. The van der Waals surface area contributed by atoms with Gasteiger partial charge in [0.25, 0.3) is 0 Å². The molecule has 0 nitrogen and oxygen atoms in total. The Balaban J connectivity index is 0.000000162. The molecule has 7 heavy (non-hydrogen) atoms. The van der Waals surface area contributed by atoms with Crippen LogP contribution in [-0.2, 0) is 0 Å². The topological polar surface area (TPSA) is 0 Å².